The van der Waals surface area contributed by atoms with E-state index in [1.165, 1.54) is 12.1 Å². The fraction of sp³-hybridized carbons (Fsp3) is 0.304. The van der Waals surface area contributed by atoms with E-state index in [9.17, 15) is 14.0 Å². The topological polar surface area (TPSA) is 88.8 Å². The molecule has 0 N–H and O–H groups in total. The van der Waals surface area contributed by atoms with Gasteiger partial charge in [0.1, 0.15) is 11.6 Å². The molecule has 0 atom stereocenters. The Morgan fingerprint density at radius 1 is 0.970 bits per heavy atom. The molecule has 1 fully saturated rings. The van der Waals surface area contributed by atoms with E-state index in [0.717, 1.165) is 0 Å². The van der Waals surface area contributed by atoms with Crippen LogP contribution in [-0.4, -0.2) is 64.5 Å². The predicted molar refractivity (Wildman–Crippen MR) is 118 cm³/mol. The van der Waals surface area contributed by atoms with Crippen molar-refractivity contribution in [1.82, 2.24) is 19.9 Å². The van der Waals surface area contributed by atoms with Crippen LogP contribution < -0.4 is 4.74 Å². The fourth-order valence-corrected chi connectivity index (χ4v) is 3.54. The minimum atomic E-state index is -0.344. The van der Waals surface area contributed by atoms with Crippen molar-refractivity contribution < 1.29 is 23.2 Å². The third-order valence-electron chi connectivity index (χ3n) is 5.28. The minimum Gasteiger partial charge on any atom is -0.484 e. The van der Waals surface area contributed by atoms with Gasteiger partial charge in [-0.2, -0.15) is 4.98 Å². The molecule has 0 saturated carbocycles. The predicted octanol–water partition coefficient (Wildman–Crippen LogP) is 3.21. The quantitative estimate of drug-likeness (QED) is 0.524. The van der Waals surface area contributed by atoms with E-state index < -0.39 is 0 Å². The molecule has 2 aromatic carbocycles. The van der Waals surface area contributed by atoms with Crippen molar-refractivity contribution in [1.29, 1.82) is 0 Å². The Morgan fingerprint density at radius 2 is 1.61 bits per heavy atom. The summed E-state index contributed by atoms with van der Waals surface area (Å²) in [7, 11) is 0. The number of hydrogen-bond donors (Lipinski definition) is 0. The molecule has 2 heterocycles. The van der Waals surface area contributed by atoms with E-state index in [-0.39, 0.29) is 30.7 Å². The second-order valence-corrected chi connectivity index (χ2v) is 7.96. The maximum Gasteiger partial charge on any atom is 0.260 e. The van der Waals surface area contributed by atoms with Gasteiger partial charge in [-0.25, -0.2) is 4.39 Å². The van der Waals surface area contributed by atoms with Crippen LogP contribution in [-0.2, 0) is 16.0 Å². The number of benzene rings is 2. The Balaban J connectivity index is 1.20. The molecule has 0 radical (unpaired) electrons. The van der Waals surface area contributed by atoms with E-state index in [4.69, 9.17) is 20.9 Å². The molecule has 172 valence electrons. The van der Waals surface area contributed by atoms with Crippen LogP contribution >= 0.6 is 11.6 Å². The molecule has 0 spiro atoms. The average molecular weight is 473 g/mol. The summed E-state index contributed by atoms with van der Waals surface area (Å²) in [5.74, 6) is 0.757. The summed E-state index contributed by atoms with van der Waals surface area (Å²) in [6.45, 7) is 1.74. The molecule has 0 unspecified atom stereocenters. The zero-order valence-corrected chi connectivity index (χ0v) is 18.5. The van der Waals surface area contributed by atoms with Crippen molar-refractivity contribution in [2.24, 2.45) is 0 Å². The van der Waals surface area contributed by atoms with Gasteiger partial charge < -0.3 is 19.1 Å². The van der Waals surface area contributed by atoms with Crippen molar-refractivity contribution in [2.75, 3.05) is 32.8 Å². The summed E-state index contributed by atoms with van der Waals surface area (Å²) in [6, 6.07) is 12.6. The third kappa shape index (κ3) is 6.07. The average Bonchev–Trinajstić information content (AvgIpc) is 3.31. The number of rotatable bonds is 7. The highest BCUT2D eigenvalue weighted by Gasteiger charge is 2.24. The highest BCUT2D eigenvalue weighted by Crippen LogP contribution is 2.18. The number of hydrogen-bond acceptors (Lipinski definition) is 6. The fourth-order valence-electron chi connectivity index (χ4n) is 3.42. The lowest BCUT2D eigenvalue weighted by molar-refractivity contribution is -0.140. The number of nitrogens with zero attached hydrogens (tertiary/aromatic N) is 4. The lowest BCUT2D eigenvalue weighted by Crippen LogP contribution is -2.51. The number of aryl methyl sites for hydroxylation is 1. The molecular formula is C23H22ClFN4O4. The second-order valence-electron chi connectivity index (χ2n) is 7.52. The van der Waals surface area contributed by atoms with E-state index in [1.54, 1.807) is 46.2 Å². The lowest BCUT2D eigenvalue weighted by Gasteiger charge is -2.34. The maximum absolute atomic E-state index is 13.0. The van der Waals surface area contributed by atoms with Gasteiger partial charge in [-0.15, -0.1) is 0 Å². The van der Waals surface area contributed by atoms with Crippen molar-refractivity contribution in [3.05, 3.63) is 65.3 Å². The Hall–Kier alpha value is -3.46. The summed E-state index contributed by atoms with van der Waals surface area (Å²) >= 11 is 5.84. The van der Waals surface area contributed by atoms with Gasteiger partial charge in [0.05, 0.1) is 0 Å². The Bertz CT molecular complexity index is 1100. The summed E-state index contributed by atoms with van der Waals surface area (Å²) < 4.78 is 23.8. The van der Waals surface area contributed by atoms with Crippen LogP contribution in [0.25, 0.3) is 11.4 Å². The molecule has 2 amide bonds. The smallest absolute Gasteiger partial charge is 0.260 e. The number of piperazine rings is 1. The van der Waals surface area contributed by atoms with Gasteiger partial charge in [0.25, 0.3) is 5.91 Å². The molecule has 1 aromatic heterocycles. The van der Waals surface area contributed by atoms with Crippen molar-refractivity contribution in [3.8, 4) is 17.1 Å². The first-order chi connectivity index (χ1) is 16.0. The molecule has 3 aromatic rings. The minimum absolute atomic E-state index is 0.0407. The number of carbonyl (C=O) groups is 2. The second kappa shape index (κ2) is 10.4. The Morgan fingerprint density at radius 3 is 2.27 bits per heavy atom. The van der Waals surface area contributed by atoms with Crippen LogP contribution in [0.3, 0.4) is 0 Å². The monoisotopic (exact) mass is 472 g/mol. The zero-order chi connectivity index (χ0) is 23.2. The Labute approximate surface area is 194 Å². The van der Waals surface area contributed by atoms with Crippen molar-refractivity contribution in [3.63, 3.8) is 0 Å². The molecule has 0 aliphatic carbocycles. The van der Waals surface area contributed by atoms with Crippen LogP contribution in [0.4, 0.5) is 4.39 Å². The summed E-state index contributed by atoms with van der Waals surface area (Å²) in [5.41, 5.74) is 0.638. The summed E-state index contributed by atoms with van der Waals surface area (Å²) in [6.07, 6.45) is 0.528. The van der Waals surface area contributed by atoms with Crippen LogP contribution in [0.1, 0.15) is 12.3 Å². The first-order valence-electron chi connectivity index (χ1n) is 10.5. The third-order valence-corrected chi connectivity index (χ3v) is 5.54. The van der Waals surface area contributed by atoms with Gasteiger partial charge in [0, 0.05) is 49.6 Å². The summed E-state index contributed by atoms with van der Waals surface area (Å²) in [4.78, 5) is 32.6. The van der Waals surface area contributed by atoms with Gasteiger partial charge in [0.15, 0.2) is 6.61 Å². The number of ether oxygens (including phenoxy) is 1. The molecule has 4 rings (SSSR count). The van der Waals surface area contributed by atoms with E-state index >= 15 is 0 Å². The van der Waals surface area contributed by atoms with Gasteiger partial charge in [-0.3, -0.25) is 9.59 Å². The first kappa shape index (κ1) is 22.7. The molecule has 0 bridgehead atoms. The number of amides is 2. The normalized spacial score (nSPS) is 13.8. The molecule has 1 saturated heterocycles. The van der Waals surface area contributed by atoms with Crippen LogP contribution in [0, 0.1) is 5.82 Å². The van der Waals surface area contributed by atoms with E-state index in [1.807, 2.05) is 0 Å². The Kier molecular flexibility index (Phi) is 7.19. The molecule has 8 nitrogen and oxygen atoms in total. The molecule has 1 aliphatic rings. The zero-order valence-electron chi connectivity index (χ0n) is 17.7. The standard InChI is InChI=1S/C23H22ClFN4O4/c24-17-3-7-19(8-4-17)32-15-22(31)29-13-11-28(12-14-29)21(30)10-9-20-26-23(27-33-20)16-1-5-18(25)6-2-16/h1-8H,9-15H2. The highest BCUT2D eigenvalue weighted by molar-refractivity contribution is 6.30. The first-order valence-corrected chi connectivity index (χ1v) is 10.9. The van der Waals surface area contributed by atoms with Crippen LogP contribution in [0.15, 0.2) is 53.1 Å². The highest BCUT2D eigenvalue weighted by atomic mass is 35.5. The number of aromatic nitrogens is 2. The van der Waals surface area contributed by atoms with Gasteiger partial charge in [-0.05, 0) is 48.5 Å². The van der Waals surface area contributed by atoms with Crippen molar-refractivity contribution in [2.45, 2.75) is 12.8 Å². The molecular weight excluding hydrogens is 451 g/mol. The van der Waals surface area contributed by atoms with Crippen LogP contribution in [0.5, 0.6) is 5.75 Å². The van der Waals surface area contributed by atoms with Gasteiger partial charge in [-0.1, -0.05) is 16.8 Å². The molecule has 33 heavy (non-hydrogen) atoms. The van der Waals surface area contributed by atoms with E-state index in [2.05, 4.69) is 10.1 Å². The molecule has 1 aliphatic heterocycles. The van der Waals surface area contributed by atoms with Gasteiger partial charge in [0.2, 0.25) is 17.6 Å². The number of carbonyl (C=O) groups excluding carboxylic acids is 2. The molecule has 10 heteroatoms. The number of halogens is 2. The lowest BCUT2D eigenvalue weighted by atomic mass is 10.2. The van der Waals surface area contributed by atoms with E-state index in [0.29, 0.717) is 60.7 Å². The SMILES string of the molecule is O=C(CCc1nc(-c2ccc(F)cc2)no1)N1CCN(C(=O)COc2ccc(Cl)cc2)CC1. The maximum atomic E-state index is 13.0. The largest absolute Gasteiger partial charge is 0.484 e. The van der Waals surface area contributed by atoms with Gasteiger partial charge >= 0.3 is 0 Å². The van der Waals surface area contributed by atoms with Crippen LogP contribution in [0.2, 0.25) is 5.02 Å². The van der Waals surface area contributed by atoms with Crippen molar-refractivity contribution >= 4 is 23.4 Å². The summed E-state index contributed by atoms with van der Waals surface area (Å²) in [5, 5.41) is 4.48.